The third kappa shape index (κ3) is 4.61. The Hall–Kier alpha value is -1.95. The minimum atomic E-state index is -0.271. The smallest absolute Gasteiger partial charge is 0.227 e. The van der Waals surface area contributed by atoms with Crippen molar-refractivity contribution in [2.75, 3.05) is 32.8 Å². The van der Waals surface area contributed by atoms with Crippen LogP contribution in [0.2, 0.25) is 0 Å². The van der Waals surface area contributed by atoms with Gasteiger partial charge in [0.2, 0.25) is 11.8 Å². The largest absolute Gasteiger partial charge is 0.396 e. The zero-order valence-corrected chi connectivity index (χ0v) is 15.1. The van der Waals surface area contributed by atoms with E-state index in [1.165, 1.54) is 12.1 Å². The summed E-state index contributed by atoms with van der Waals surface area (Å²) in [4.78, 5) is 28.6. The molecule has 2 aliphatic heterocycles. The van der Waals surface area contributed by atoms with Gasteiger partial charge in [-0.05, 0) is 49.3 Å². The first-order valence-electron chi connectivity index (χ1n) is 9.48. The molecule has 2 fully saturated rings. The van der Waals surface area contributed by atoms with E-state index in [0.29, 0.717) is 51.4 Å². The van der Waals surface area contributed by atoms with Crippen molar-refractivity contribution in [2.45, 2.75) is 32.1 Å². The van der Waals surface area contributed by atoms with Crippen molar-refractivity contribution < 1.29 is 19.1 Å². The zero-order chi connectivity index (χ0) is 18.5. The number of amides is 2. The maximum Gasteiger partial charge on any atom is 0.227 e. The highest BCUT2D eigenvalue weighted by Gasteiger charge is 2.33. The first kappa shape index (κ1) is 18.8. The quantitative estimate of drug-likeness (QED) is 0.869. The molecule has 5 nitrogen and oxygen atoms in total. The molecule has 26 heavy (non-hydrogen) atoms. The van der Waals surface area contributed by atoms with Gasteiger partial charge in [-0.3, -0.25) is 9.59 Å². The second-order valence-corrected chi connectivity index (χ2v) is 7.41. The van der Waals surface area contributed by atoms with E-state index < -0.39 is 0 Å². The number of carbonyl (C=O) groups excluding carboxylic acids is 2. The molecule has 0 radical (unpaired) electrons. The van der Waals surface area contributed by atoms with Gasteiger partial charge in [-0.2, -0.15) is 0 Å². The number of piperidine rings is 2. The molecule has 2 saturated heterocycles. The Bertz CT molecular complexity index is 644. The summed E-state index contributed by atoms with van der Waals surface area (Å²) in [6, 6.07) is 6.42. The fraction of sp³-hybridized carbons (Fsp3) is 0.600. The van der Waals surface area contributed by atoms with Crippen molar-refractivity contribution in [1.29, 1.82) is 0 Å². The lowest BCUT2D eigenvalue weighted by Crippen LogP contribution is -2.49. The summed E-state index contributed by atoms with van der Waals surface area (Å²) < 4.78 is 13.3. The zero-order valence-electron chi connectivity index (χ0n) is 15.1. The highest BCUT2D eigenvalue weighted by atomic mass is 19.1. The molecule has 0 bridgehead atoms. The SMILES string of the molecule is O=C1CC[C@@H](C(=O)N2CCC(CO)CC2)CN1CCc1cccc(F)c1. The second kappa shape index (κ2) is 8.62. The maximum absolute atomic E-state index is 13.3. The molecule has 0 aliphatic carbocycles. The van der Waals surface area contributed by atoms with E-state index in [2.05, 4.69) is 0 Å². The van der Waals surface area contributed by atoms with Gasteiger partial charge < -0.3 is 14.9 Å². The molecule has 6 heteroatoms. The molecule has 142 valence electrons. The number of halogens is 1. The van der Waals surface area contributed by atoms with Crippen LogP contribution in [0, 0.1) is 17.7 Å². The number of aliphatic hydroxyl groups excluding tert-OH is 1. The molecule has 2 amide bonds. The maximum atomic E-state index is 13.3. The van der Waals surface area contributed by atoms with Crippen LogP contribution >= 0.6 is 0 Å². The van der Waals surface area contributed by atoms with Gasteiger partial charge in [0.1, 0.15) is 5.82 Å². The molecule has 1 atom stereocenters. The van der Waals surface area contributed by atoms with E-state index in [9.17, 15) is 19.1 Å². The Kier molecular flexibility index (Phi) is 6.25. The molecule has 3 rings (SSSR count). The third-order valence-electron chi connectivity index (χ3n) is 5.59. The number of rotatable bonds is 5. The van der Waals surface area contributed by atoms with Crippen molar-refractivity contribution in [3.8, 4) is 0 Å². The van der Waals surface area contributed by atoms with Crippen LogP contribution in [0.1, 0.15) is 31.2 Å². The fourth-order valence-electron chi connectivity index (χ4n) is 3.88. The molecule has 1 aromatic carbocycles. The normalized spacial score (nSPS) is 21.9. The Morgan fingerprint density at radius 2 is 2.00 bits per heavy atom. The lowest BCUT2D eigenvalue weighted by atomic mass is 9.92. The molecule has 2 heterocycles. The van der Waals surface area contributed by atoms with Gasteiger partial charge in [0, 0.05) is 39.2 Å². The number of benzene rings is 1. The summed E-state index contributed by atoms with van der Waals surface area (Å²) in [5.41, 5.74) is 0.859. The van der Waals surface area contributed by atoms with E-state index in [1.54, 1.807) is 11.0 Å². The standard InChI is InChI=1S/C20H27FN2O3/c21-18-3-1-2-15(12-18)6-11-23-13-17(4-5-19(23)25)20(26)22-9-7-16(14-24)8-10-22/h1-3,12,16-17,24H,4-11,13-14H2/t17-/m1/s1. The minimum Gasteiger partial charge on any atom is -0.396 e. The highest BCUT2D eigenvalue weighted by Crippen LogP contribution is 2.24. The molecule has 0 aromatic heterocycles. The molecule has 0 saturated carbocycles. The Balaban J connectivity index is 1.54. The van der Waals surface area contributed by atoms with Crippen LogP contribution in [0.4, 0.5) is 4.39 Å². The highest BCUT2D eigenvalue weighted by molar-refractivity contribution is 5.84. The molecule has 1 aromatic rings. The van der Waals surface area contributed by atoms with Crippen molar-refractivity contribution in [1.82, 2.24) is 9.80 Å². The Morgan fingerprint density at radius 3 is 2.69 bits per heavy atom. The van der Waals surface area contributed by atoms with E-state index in [4.69, 9.17) is 0 Å². The van der Waals surface area contributed by atoms with Crippen LogP contribution in [0.5, 0.6) is 0 Å². The number of carbonyl (C=O) groups is 2. The van der Waals surface area contributed by atoms with E-state index in [1.807, 2.05) is 11.0 Å². The van der Waals surface area contributed by atoms with Crippen LogP contribution in [0.3, 0.4) is 0 Å². The van der Waals surface area contributed by atoms with E-state index in [-0.39, 0.29) is 30.2 Å². The molecule has 0 unspecified atom stereocenters. The van der Waals surface area contributed by atoms with Crippen molar-refractivity contribution in [3.05, 3.63) is 35.6 Å². The topological polar surface area (TPSA) is 60.9 Å². The fourth-order valence-corrected chi connectivity index (χ4v) is 3.88. The van der Waals surface area contributed by atoms with Crippen LogP contribution < -0.4 is 0 Å². The van der Waals surface area contributed by atoms with Gasteiger partial charge in [0.15, 0.2) is 0 Å². The van der Waals surface area contributed by atoms with Crippen LogP contribution in [0.25, 0.3) is 0 Å². The van der Waals surface area contributed by atoms with Crippen LogP contribution in [-0.4, -0.2) is 59.5 Å². The van der Waals surface area contributed by atoms with Crippen LogP contribution in [0.15, 0.2) is 24.3 Å². The molecule has 1 N–H and O–H groups in total. The minimum absolute atomic E-state index is 0.0736. The van der Waals surface area contributed by atoms with Crippen molar-refractivity contribution in [2.24, 2.45) is 11.8 Å². The summed E-state index contributed by atoms with van der Waals surface area (Å²) in [6.07, 6.45) is 3.28. The number of nitrogens with zero attached hydrogens (tertiary/aromatic N) is 2. The van der Waals surface area contributed by atoms with Crippen LogP contribution in [-0.2, 0) is 16.0 Å². The number of hydrogen-bond acceptors (Lipinski definition) is 3. The lowest BCUT2D eigenvalue weighted by molar-refractivity contribution is -0.144. The summed E-state index contributed by atoms with van der Waals surface area (Å²) in [5, 5.41) is 9.23. The Labute approximate surface area is 153 Å². The molecule has 2 aliphatic rings. The first-order chi connectivity index (χ1) is 12.6. The molecule has 0 spiro atoms. The predicted molar refractivity (Wildman–Crippen MR) is 95.8 cm³/mol. The summed E-state index contributed by atoms with van der Waals surface area (Å²) in [5.74, 6) is 0.0848. The van der Waals surface area contributed by atoms with Gasteiger partial charge in [-0.15, -0.1) is 0 Å². The summed E-state index contributed by atoms with van der Waals surface area (Å²) in [6.45, 7) is 2.54. The average molecular weight is 362 g/mol. The number of likely N-dealkylation sites (tertiary alicyclic amines) is 2. The number of hydrogen-bond donors (Lipinski definition) is 1. The Morgan fingerprint density at radius 1 is 1.23 bits per heavy atom. The lowest BCUT2D eigenvalue weighted by Gasteiger charge is -2.37. The van der Waals surface area contributed by atoms with Gasteiger partial charge >= 0.3 is 0 Å². The monoisotopic (exact) mass is 362 g/mol. The first-order valence-corrected chi connectivity index (χ1v) is 9.48. The average Bonchev–Trinajstić information content (AvgIpc) is 2.67. The summed E-state index contributed by atoms with van der Waals surface area (Å²) >= 11 is 0. The molecular formula is C20H27FN2O3. The second-order valence-electron chi connectivity index (χ2n) is 7.41. The van der Waals surface area contributed by atoms with E-state index >= 15 is 0 Å². The van der Waals surface area contributed by atoms with Crippen molar-refractivity contribution >= 4 is 11.8 Å². The van der Waals surface area contributed by atoms with Crippen molar-refractivity contribution in [3.63, 3.8) is 0 Å². The summed E-state index contributed by atoms with van der Waals surface area (Å²) in [7, 11) is 0. The third-order valence-corrected chi connectivity index (χ3v) is 5.59. The van der Waals surface area contributed by atoms with Gasteiger partial charge in [-0.1, -0.05) is 12.1 Å². The van der Waals surface area contributed by atoms with Gasteiger partial charge in [-0.25, -0.2) is 4.39 Å². The van der Waals surface area contributed by atoms with Gasteiger partial charge in [0.05, 0.1) is 5.92 Å². The molecular weight excluding hydrogens is 335 g/mol. The van der Waals surface area contributed by atoms with E-state index in [0.717, 1.165) is 18.4 Å². The number of aliphatic hydroxyl groups is 1. The van der Waals surface area contributed by atoms with Gasteiger partial charge in [0.25, 0.3) is 0 Å². The predicted octanol–water partition coefficient (Wildman–Crippen LogP) is 1.84.